The first-order chi connectivity index (χ1) is 15.5. The smallest absolute Gasteiger partial charge is 0.158 e. The summed E-state index contributed by atoms with van der Waals surface area (Å²) >= 11 is 0. The Labute approximate surface area is 188 Å². The molecule has 0 bridgehead atoms. The fraction of sp³-hybridized carbons (Fsp3) is 0.458. The summed E-state index contributed by atoms with van der Waals surface area (Å²) in [4.78, 5) is 15.5. The van der Waals surface area contributed by atoms with Gasteiger partial charge in [-0.05, 0) is 43.0 Å². The molecule has 1 aliphatic heterocycles. The normalized spacial score (nSPS) is 14.8. The summed E-state index contributed by atoms with van der Waals surface area (Å²) < 4.78 is 6.99. The Morgan fingerprint density at radius 2 is 2.03 bits per heavy atom. The maximum atomic E-state index is 5.13. The summed E-state index contributed by atoms with van der Waals surface area (Å²) in [6.45, 7) is 12.3. The van der Waals surface area contributed by atoms with Gasteiger partial charge in [0.2, 0.25) is 0 Å². The van der Waals surface area contributed by atoms with Crippen molar-refractivity contribution in [2.75, 3.05) is 38.3 Å². The van der Waals surface area contributed by atoms with Crippen LogP contribution in [0.15, 0.2) is 24.7 Å². The highest BCUT2D eigenvalue weighted by molar-refractivity contribution is 5.90. The van der Waals surface area contributed by atoms with Crippen LogP contribution in [0.5, 0.6) is 0 Å². The third-order valence-electron chi connectivity index (χ3n) is 6.58. The van der Waals surface area contributed by atoms with Gasteiger partial charge in [-0.3, -0.25) is 0 Å². The molecule has 8 nitrogen and oxygen atoms in total. The molecule has 0 atom stereocenters. The van der Waals surface area contributed by atoms with Crippen LogP contribution in [0, 0.1) is 13.8 Å². The van der Waals surface area contributed by atoms with Gasteiger partial charge >= 0.3 is 0 Å². The zero-order valence-electron chi connectivity index (χ0n) is 19.4. The summed E-state index contributed by atoms with van der Waals surface area (Å²) in [7, 11) is 1.73. The second-order valence-corrected chi connectivity index (χ2v) is 9.00. The minimum Gasteiger partial charge on any atom is -0.383 e. The topological polar surface area (TPSA) is 83.4 Å². The number of nitrogens with zero attached hydrogens (tertiary/aromatic N) is 5. The Balaban J connectivity index is 1.52. The van der Waals surface area contributed by atoms with E-state index in [0.29, 0.717) is 12.0 Å². The molecule has 1 aliphatic rings. The molecule has 32 heavy (non-hydrogen) atoms. The molecule has 1 fully saturated rings. The summed E-state index contributed by atoms with van der Waals surface area (Å²) in [5, 5.41) is 7.90. The molecule has 5 heterocycles. The minimum atomic E-state index is 0.326. The Morgan fingerprint density at radius 3 is 2.78 bits per heavy atom. The number of aryl methyl sites for hydroxylation is 1. The number of nitrogens with one attached hydrogen (secondary N) is 2. The average molecular weight is 434 g/mol. The van der Waals surface area contributed by atoms with Crippen LogP contribution in [0.25, 0.3) is 27.9 Å². The van der Waals surface area contributed by atoms with E-state index < -0.39 is 0 Å². The van der Waals surface area contributed by atoms with Crippen molar-refractivity contribution in [1.29, 1.82) is 0 Å². The van der Waals surface area contributed by atoms with Gasteiger partial charge < -0.3 is 19.9 Å². The summed E-state index contributed by atoms with van der Waals surface area (Å²) in [6.07, 6.45) is 3.69. The van der Waals surface area contributed by atoms with Gasteiger partial charge in [0, 0.05) is 50.1 Å². The van der Waals surface area contributed by atoms with E-state index in [1.807, 2.05) is 4.52 Å². The lowest BCUT2D eigenvalue weighted by Gasteiger charge is -2.40. The first-order valence-corrected chi connectivity index (χ1v) is 11.3. The van der Waals surface area contributed by atoms with Crippen molar-refractivity contribution in [3.05, 3.63) is 41.3 Å². The van der Waals surface area contributed by atoms with Crippen LogP contribution >= 0.6 is 0 Å². The van der Waals surface area contributed by atoms with Crippen molar-refractivity contribution in [2.45, 2.75) is 39.7 Å². The van der Waals surface area contributed by atoms with Crippen molar-refractivity contribution in [3.63, 3.8) is 0 Å². The summed E-state index contributed by atoms with van der Waals surface area (Å²) in [5.74, 6) is 1.36. The molecular weight excluding hydrogens is 402 g/mol. The molecule has 0 radical (unpaired) electrons. The van der Waals surface area contributed by atoms with Crippen LogP contribution in [-0.2, 0) is 4.74 Å². The van der Waals surface area contributed by atoms with Crippen LogP contribution < -0.4 is 10.2 Å². The van der Waals surface area contributed by atoms with Crippen LogP contribution in [0.2, 0.25) is 0 Å². The molecule has 0 saturated carbocycles. The molecule has 0 aliphatic carbocycles. The number of aromatic nitrogens is 5. The lowest BCUT2D eigenvalue weighted by Crippen LogP contribution is -2.58. The van der Waals surface area contributed by atoms with Crippen LogP contribution in [0.3, 0.4) is 0 Å². The highest BCUT2D eigenvalue weighted by Crippen LogP contribution is 2.38. The summed E-state index contributed by atoms with van der Waals surface area (Å²) in [6, 6.07) is 4.78. The molecule has 4 aromatic rings. The van der Waals surface area contributed by atoms with Crippen molar-refractivity contribution < 1.29 is 4.74 Å². The Kier molecular flexibility index (Phi) is 5.35. The first-order valence-electron chi connectivity index (χ1n) is 11.3. The Bertz CT molecular complexity index is 1270. The molecule has 8 heteroatoms. The minimum absolute atomic E-state index is 0.326. The average Bonchev–Trinajstić information content (AvgIpc) is 3.36. The maximum absolute atomic E-state index is 5.13. The number of hydrogen-bond donors (Lipinski definition) is 2. The standard InChI is InChI=1S/C24H31N7O/c1-14(2)21-22(18-12-31-24(26-13-27-31)16(4)15(18)3)28-19-6-7-20(29-23(19)21)30-10-17(11-30)25-8-9-32-5/h6-7,12-14,17,25,28H,8-11H2,1-5H3. The van der Waals surface area contributed by atoms with E-state index in [0.717, 1.165) is 65.6 Å². The Hall–Kier alpha value is -2.97. The van der Waals surface area contributed by atoms with E-state index in [2.05, 4.69) is 71.3 Å². The molecule has 1 saturated heterocycles. The fourth-order valence-corrected chi connectivity index (χ4v) is 4.64. The monoisotopic (exact) mass is 433 g/mol. The lowest BCUT2D eigenvalue weighted by atomic mass is 9.95. The maximum Gasteiger partial charge on any atom is 0.158 e. The number of anilines is 1. The van der Waals surface area contributed by atoms with Gasteiger partial charge in [0.15, 0.2) is 5.65 Å². The highest BCUT2D eigenvalue weighted by atomic mass is 16.5. The molecule has 4 aromatic heterocycles. The van der Waals surface area contributed by atoms with Gasteiger partial charge in [-0.15, -0.1) is 0 Å². The number of hydrogen-bond acceptors (Lipinski definition) is 6. The van der Waals surface area contributed by atoms with Crippen molar-refractivity contribution in [2.24, 2.45) is 0 Å². The van der Waals surface area contributed by atoms with Gasteiger partial charge in [-0.2, -0.15) is 5.10 Å². The third-order valence-corrected chi connectivity index (χ3v) is 6.58. The highest BCUT2D eigenvalue weighted by Gasteiger charge is 2.28. The lowest BCUT2D eigenvalue weighted by molar-refractivity contribution is 0.193. The van der Waals surface area contributed by atoms with E-state index >= 15 is 0 Å². The second-order valence-electron chi connectivity index (χ2n) is 9.00. The molecule has 168 valence electrons. The van der Waals surface area contributed by atoms with Gasteiger partial charge in [-0.25, -0.2) is 14.5 Å². The zero-order valence-corrected chi connectivity index (χ0v) is 19.4. The first kappa shape index (κ1) is 20.9. The molecule has 0 spiro atoms. The van der Waals surface area contributed by atoms with E-state index in [-0.39, 0.29) is 0 Å². The van der Waals surface area contributed by atoms with Crippen LogP contribution in [-0.4, -0.2) is 64.0 Å². The van der Waals surface area contributed by atoms with Crippen LogP contribution in [0.4, 0.5) is 5.82 Å². The van der Waals surface area contributed by atoms with Crippen molar-refractivity contribution in [3.8, 4) is 11.3 Å². The van der Waals surface area contributed by atoms with Gasteiger partial charge in [0.1, 0.15) is 12.1 Å². The molecule has 2 N–H and O–H groups in total. The SMILES string of the molecule is COCCNC1CN(c2ccc3[nH]c(-c4cn5ncnc5c(C)c4C)c(C(C)C)c3n2)C1. The van der Waals surface area contributed by atoms with Crippen LogP contribution in [0.1, 0.15) is 36.5 Å². The molecule has 0 aromatic carbocycles. The number of fused-ring (bicyclic) bond motifs is 2. The number of pyridine rings is 2. The van der Waals surface area contributed by atoms with E-state index in [9.17, 15) is 0 Å². The van der Waals surface area contributed by atoms with E-state index in [4.69, 9.17) is 9.72 Å². The zero-order chi connectivity index (χ0) is 22.4. The van der Waals surface area contributed by atoms with Gasteiger partial charge in [0.25, 0.3) is 0 Å². The quantitative estimate of drug-likeness (QED) is 0.435. The summed E-state index contributed by atoms with van der Waals surface area (Å²) in [5.41, 5.74) is 8.91. The van der Waals surface area contributed by atoms with Crippen molar-refractivity contribution in [1.82, 2.24) is 29.9 Å². The third kappa shape index (κ3) is 3.43. The predicted molar refractivity (Wildman–Crippen MR) is 128 cm³/mol. The molecule has 5 rings (SSSR count). The van der Waals surface area contributed by atoms with Gasteiger partial charge in [-0.1, -0.05) is 13.8 Å². The predicted octanol–water partition coefficient (Wildman–Crippen LogP) is 3.44. The number of methoxy groups -OCH3 is 1. The number of H-pyrrole nitrogens is 1. The number of rotatable bonds is 7. The molecule has 0 unspecified atom stereocenters. The van der Waals surface area contributed by atoms with Crippen molar-refractivity contribution >= 4 is 22.5 Å². The largest absolute Gasteiger partial charge is 0.383 e. The van der Waals surface area contributed by atoms with E-state index in [1.165, 1.54) is 11.1 Å². The fourth-order valence-electron chi connectivity index (χ4n) is 4.64. The Morgan fingerprint density at radius 1 is 1.22 bits per heavy atom. The molecule has 0 amide bonds. The molecular formula is C24H31N7O. The van der Waals surface area contributed by atoms with Gasteiger partial charge in [0.05, 0.1) is 23.3 Å². The second kappa shape index (κ2) is 8.18. The number of ether oxygens (including phenoxy) is 1. The number of aromatic amines is 1. The van der Waals surface area contributed by atoms with E-state index in [1.54, 1.807) is 13.4 Å².